The molecule has 0 unspecified atom stereocenters. The predicted octanol–water partition coefficient (Wildman–Crippen LogP) is 3.09. The van der Waals surface area contributed by atoms with Gasteiger partial charge in [-0.05, 0) is 65.9 Å². The minimum absolute atomic E-state index is 0.101. The second kappa shape index (κ2) is 7.22. The van der Waals surface area contributed by atoms with Gasteiger partial charge in [-0.2, -0.15) is 0 Å². The average Bonchev–Trinajstić information content (AvgIpc) is 2.38. The van der Waals surface area contributed by atoms with Crippen LogP contribution in [0.4, 0.5) is 0 Å². The van der Waals surface area contributed by atoms with E-state index in [2.05, 4.69) is 32.9 Å². The summed E-state index contributed by atoms with van der Waals surface area (Å²) in [7, 11) is -3.45. The number of nitrogens with one attached hydrogen (secondary N) is 2. The third-order valence-electron chi connectivity index (χ3n) is 3.75. The van der Waals surface area contributed by atoms with Gasteiger partial charge in [-0.3, -0.25) is 0 Å². The second-order valence-electron chi connectivity index (χ2n) is 5.65. The Labute approximate surface area is 135 Å². The Kier molecular flexibility index (Phi) is 5.82. The van der Waals surface area contributed by atoms with E-state index in [0.29, 0.717) is 15.9 Å². The molecule has 118 valence electrons. The van der Waals surface area contributed by atoms with E-state index in [4.69, 9.17) is 0 Å². The number of rotatable bonds is 7. The van der Waals surface area contributed by atoms with Crippen molar-refractivity contribution in [3.8, 4) is 0 Å². The maximum Gasteiger partial charge on any atom is 0.241 e. The minimum atomic E-state index is -3.45. The van der Waals surface area contributed by atoms with Crippen LogP contribution in [-0.4, -0.2) is 21.0 Å². The van der Waals surface area contributed by atoms with Gasteiger partial charge >= 0.3 is 0 Å². The number of hydrogen-bond donors (Lipinski definition) is 2. The molecule has 21 heavy (non-hydrogen) atoms. The summed E-state index contributed by atoms with van der Waals surface area (Å²) in [4.78, 5) is 0.350. The maximum atomic E-state index is 12.5. The van der Waals surface area contributed by atoms with E-state index in [-0.39, 0.29) is 6.04 Å². The molecule has 1 fully saturated rings. The summed E-state index contributed by atoms with van der Waals surface area (Å²) in [5, 5.41) is 3.31. The van der Waals surface area contributed by atoms with E-state index in [1.165, 1.54) is 0 Å². The lowest BCUT2D eigenvalue weighted by molar-refractivity contribution is 0.383. The normalized spacial score (nSPS) is 16.0. The second-order valence-corrected chi connectivity index (χ2v) is 8.13. The molecule has 0 spiro atoms. The van der Waals surface area contributed by atoms with Gasteiger partial charge in [0.15, 0.2) is 0 Å². The Hall–Kier alpha value is -0.430. The van der Waals surface area contributed by atoms with Crippen LogP contribution in [0.3, 0.4) is 0 Å². The van der Waals surface area contributed by atoms with Crippen molar-refractivity contribution in [2.45, 2.75) is 57.0 Å². The van der Waals surface area contributed by atoms with Gasteiger partial charge in [0.2, 0.25) is 10.0 Å². The molecule has 1 aromatic carbocycles. The highest BCUT2D eigenvalue weighted by Gasteiger charge is 2.26. The molecule has 0 saturated heterocycles. The maximum absolute atomic E-state index is 12.5. The lowest BCUT2D eigenvalue weighted by atomic mass is 9.94. The van der Waals surface area contributed by atoms with Crippen LogP contribution in [0.15, 0.2) is 21.5 Å². The van der Waals surface area contributed by atoms with Crippen molar-refractivity contribution < 1.29 is 8.42 Å². The zero-order valence-corrected chi connectivity index (χ0v) is 15.0. The average molecular weight is 375 g/mol. The van der Waals surface area contributed by atoms with Crippen LogP contribution in [0.25, 0.3) is 0 Å². The van der Waals surface area contributed by atoms with Gasteiger partial charge in [-0.1, -0.05) is 19.4 Å². The summed E-state index contributed by atoms with van der Waals surface area (Å²) in [6, 6.07) is 3.89. The topological polar surface area (TPSA) is 58.2 Å². The number of benzene rings is 1. The van der Waals surface area contributed by atoms with E-state index in [1.807, 2.05) is 13.0 Å². The molecule has 2 rings (SSSR count). The Morgan fingerprint density at radius 3 is 2.62 bits per heavy atom. The van der Waals surface area contributed by atoms with E-state index >= 15 is 0 Å². The molecule has 0 radical (unpaired) electrons. The number of aryl methyl sites for hydroxylation is 1. The highest BCUT2D eigenvalue weighted by molar-refractivity contribution is 9.10. The molecule has 6 heteroatoms. The Balaban J connectivity index is 2.23. The van der Waals surface area contributed by atoms with Crippen LogP contribution >= 0.6 is 15.9 Å². The van der Waals surface area contributed by atoms with Crippen molar-refractivity contribution in [2.75, 3.05) is 6.54 Å². The van der Waals surface area contributed by atoms with Crippen molar-refractivity contribution in [1.82, 2.24) is 10.0 Å². The molecular formula is C15H23BrN2O2S. The van der Waals surface area contributed by atoms with Crippen molar-refractivity contribution in [1.29, 1.82) is 0 Å². The van der Waals surface area contributed by atoms with Crippen molar-refractivity contribution in [2.24, 2.45) is 0 Å². The number of sulfonamides is 1. The lowest BCUT2D eigenvalue weighted by Crippen LogP contribution is -2.39. The number of hydrogen-bond acceptors (Lipinski definition) is 3. The highest BCUT2D eigenvalue weighted by atomic mass is 79.9. The fourth-order valence-corrected chi connectivity index (χ4v) is 4.70. The Bertz CT molecular complexity index is 598. The molecule has 1 aliphatic carbocycles. The molecule has 1 saturated carbocycles. The van der Waals surface area contributed by atoms with E-state index in [9.17, 15) is 8.42 Å². The molecule has 2 N–H and O–H groups in total. The fraction of sp³-hybridized carbons (Fsp3) is 0.600. The van der Waals surface area contributed by atoms with Crippen LogP contribution in [0.5, 0.6) is 0 Å². The van der Waals surface area contributed by atoms with Crippen LogP contribution in [0.1, 0.15) is 43.7 Å². The molecule has 0 aromatic heterocycles. The highest BCUT2D eigenvalue weighted by Crippen LogP contribution is 2.29. The van der Waals surface area contributed by atoms with Gasteiger partial charge in [-0.15, -0.1) is 0 Å². The summed E-state index contributed by atoms with van der Waals surface area (Å²) in [6.07, 6.45) is 4.04. The smallest absolute Gasteiger partial charge is 0.241 e. The molecule has 0 bridgehead atoms. The largest absolute Gasteiger partial charge is 0.313 e. The zero-order chi connectivity index (χ0) is 15.5. The molecule has 0 atom stereocenters. The first-order valence-electron chi connectivity index (χ1n) is 7.46. The standard InChI is InChI=1S/C15H23BrN2O2S/c1-3-7-17-10-12-8-11(2)15(16)14(9-12)21(19,20)18-13-5-4-6-13/h8-9,13,17-18H,3-7,10H2,1-2H3. The van der Waals surface area contributed by atoms with Crippen LogP contribution in [-0.2, 0) is 16.6 Å². The quantitative estimate of drug-likeness (QED) is 0.720. The summed E-state index contributed by atoms with van der Waals surface area (Å²) < 4.78 is 28.5. The van der Waals surface area contributed by atoms with Crippen molar-refractivity contribution in [3.05, 3.63) is 27.7 Å². The predicted molar refractivity (Wildman–Crippen MR) is 88.8 cm³/mol. The molecule has 4 nitrogen and oxygen atoms in total. The summed E-state index contributed by atoms with van der Waals surface area (Å²) in [5.74, 6) is 0. The Morgan fingerprint density at radius 1 is 1.33 bits per heavy atom. The molecule has 0 heterocycles. The van der Waals surface area contributed by atoms with Gasteiger partial charge in [0.05, 0.1) is 4.90 Å². The summed E-state index contributed by atoms with van der Waals surface area (Å²) >= 11 is 3.42. The first kappa shape index (κ1) is 16.9. The molecule has 1 aliphatic rings. The minimum Gasteiger partial charge on any atom is -0.313 e. The lowest BCUT2D eigenvalue weighted by Gasteiger charge is -2.26. The van der Waals surface area contributed by atoms with Crippen LogP contribution < -0.4 is 10.0 Å². The van der Waals surface area contributed by atoms with E-state index in [0.717, 1.165) is 43.4 Å². The van der Waals surface area contributed by atoms with Crippen molar-refractivity contribution >= 4 is 26.0 Å². The Morgan fingerprint density at radius 2 is 2.05 bits per heavy atom. The molecular weight excluding hydrogens is 352 g/mol. The molecule has 1 aromatic rings. The monoisotopic (exact) mass is 374 g/mol. The third kappa shape index (κ3) is 4.28. The van der Waals surface area contributed by atoms with Crippen molar-refractivity contribution in [3.63, 3.8) is 0 Å². The van der Waals surface area contributed by atoms with Gasteiger partial charge in [0, 0.05) is 17.1 Å². The van der Waals surface area contributed by atoms with Gasteiger partial charge in [0.1, 0.15) is 0 Å². The van der Waals surface area contributed by atoms with E-state index < -0.39 is 10.0 Å². The summed E-state index contributed by atoms with van der Waals surface area (Å²) in [6.45, 7) is 5.65. The first-order valence-corrected chi connectivity index (χ1v) is 9.73. The van der Waals surface area contributed by atoms with Gasteiger partial charge in [-0.25, -0.2) is 13.1 Å². The summed E-state index contributed by atoms with van der Waals surface area (Å²) in [5.41, 5.74) is 1.94. The fourth-order valence-electron chi connectivity index (χ4n) is 2.33. The van der Waals surface area contributed by atoms with Crippen LogP contribution in [0.2, 0.25) is 0 Å². The van der Waals surface area contributed by atoms with Gasteiger partial charge < -0.3 is 5.32 Å². The van der Waals surface area contributed by atoms with E-state index in [1.54, 1.807) is 6.07 Å². The third-order valence-corrected chi connectivity index (χ3v) is 6.61. The molecule has 0 aliphatic heterocycles. The SMILES string of the molecule is CCCNCc1cc(C)c(Br)c(S(=O)(=O)NC2CCC2)c1. The number of halogens is 1. The molecule has 0 amide bonds. The zero-order valence-electron chi connectivity index (χ0n) is 12.6. The van der Waals surface area contributed by atoms with Gasteiger partial charge in [0.25, 0.3) is 0 Å². The first-order chi connectivity index (χ1) is 9.94. The van der Waals surface area contributed by atoms with Crippen LogP contribution in [0, 0.1) is 6.92 Å².